The van der Waals surface area contributed by atoms with E-state index in [4.69, 9.17) is 4.42 Å². The lowest BCUT2D eigenvalue weighted by atomic mass is 9.94. The van der Waals surface area contributed by atoms with E-state index in [1.165, 1.54) is 23.9 Å². The highest BCUT2D eigenvalue weighted by atomic mass is 32.1. The third-order valence-corrected chi connectivity index (χ3v) is 5.72. The summed E-state index contributed by atoms with van der Waals surface area (Å²) in [6.07, 6.45) is 3.29. The molecule has 5 heteroatoms. The molecule has 1 atom stereocenters. The fourth-order valence-electron chi connectivity index (χ4n) is 3.25. The van der Waals surface area contributed by atoms with Gasteiger partial charge in [-0.15, -0.1) is 11.3 Å². The molecule has 0 bridgehead atoms. The highest BCUT2D eigenvalue weighted by Crippen LogP contribution is 2.32. The molecule has 27 heavy (non-hydrogen) atoms. The first-order valence-electron chi connectivity index (χ1n) is 8.69. The van der Waals surface area contributed by atoms with E-state index < -0.39 is 5.60 Å². The topological polar surface area (TPSA) is 62.5 Å². The monoisotopic (exact) mass is 377 g/mol. The number of fused-ring (bicyclic) bond motifs is 1. The third-order valence-electron chi connectivity index (χ3n) is 4.70. The van der Waals surface area contributed by atoms with E-state index in [1.54, 1.807) is 6.07 Å². The summed E-state index contributed by atoms with van der Waals surface area (Å²) in [5.74, 6) is -0.134. The number of hydrogen-bond donors (Lipinski definition) is 2. The van der Waals surface area contributed by atoms with Crippen LogP contribution in [0.2, 0.25) is 0 Å². The number of benzene rings is 2. The van der Waals surface area contributed by atoms with Gasteiger partial charge < -0.3 is 14.8 Å². The highest BCUT2D eigenvalue weighted by molar-refractivity contribution is 7.10. The molecule has 4 rings (SSSR count). The van der Waals surface area contributed by atoms with Gasteiger partial charge in [0.1, 0.15) is 5.60 Å². The summed E-state index contributed by atoms with van der Waals surface area (Å²) in [7, 11) is 0. The third kappa shape index (κ3) is 3.52. The van der Waals surface area contributed by atoms with Crippen molar-refractivity contribution in [3.05, 3.63) is 94.6 Å². The Balaban J connectivity index is 1.52. The summed E-state index contributed by atoms with van der Waals surface area (Å²) in [5.41, 5.74) is 0.277. The number of thiophene rings is 1. The largest absolute Gasteiger partial charge is 0.472 e. The molecule has 4 aromatic rings. The molecular weight excluding hydrogens is 358 g/mol. The predicted molar refractivity (Wildman–Crippen MR) is 107 cm³/mol. The molecule has 2 heterocycles. The number of rotatable bonds is 6. The second kappa shape index (κ2) is 7.39. The van der Waals surface area contributed by atoms with Gasteiger partial charge >= 0.3 is 0 Å². The quantitative estimate of drug-likeness (QED) is 0.532. The second-order valence-corrected chi connectivity index (χ2v) is 7.39. The molecule has 0 aliphatic rings. The number of carbonyl (C=O) groups excluding carboxylic acids is 1. The molecule has 0 aliphatic carbocycles. The van der Waals surface area contributed by atoms with E-state index in [9.17, 15) is 9.90 Å². The van der Waals surface area contributed by atoms with Crippen LogP contribution in [0.4, 0.5) is 0 Å². The standard InChI is InChI=1S/C22H19NO3S/c24-21(13-17-7-3-6-16-5-1-2-8-19(16)17)23-15-22(25,18-10-11-26-14-18)20-9-4-12-27-20/h1-12,14,25H,13,15H2,(H,23,24)/t22-/m0/s1. The van der Waals surface area contributed by atoms with Crippen molar-refractivity contribution in [3.63, 3.8) is 0 Å². The summed E-state index contributed by atoms with van der Waals surface area (Å²) in [4.78, 5) is 13.4. The Hall–Kier alpha value is -2.89. The fourth-order valence-corrected chi connectivity index (χ4v) is 4.10. The Kier molecular flexibility index (Phi) is 4.79. The van der Waals surface area contributed by atoms with E-state index in [0.717, 1.165) is 21.2 Å². The van der Waals surface area contributed by atoms with Crippen LogP contribution in [0.1, 0.15) is 16.0 Å². The van der Waals surface area contributed by atoms with Crippen LogP contribution < -0.4 is 5.32 Å². The van der Waals surface area contributed by atoms with Crippen molar-refractivity contribution < 1.29 is 14.3 Å². The van der Waals surface area contributed by atoms with Crippen LogP contribution >= 0.6 is 11.3 Å². The predicted octanol–water partition coefficient (Wildman–Crippen LogP) is 4.09. The zero-order chi connectivity index (χ0) is 18.7. The summed E-state index contributed by atoms with van der Waals surface area (Å²) in [6.45, 7) is 0.0800. The van der Waals surface area contributed by atoms with Crippen LogP contribution in [0.15, 0.2) is 83.0 Å². The molecule has 4 nitrogen and oxygen atoms in total. The maximum absolute atomic E-state index is 12.6. The smallest absolute Gasteiger partial charge is 0.224 e. The van der Waals surface area contributed by atoms with Gasteiger partial charge in [0.15, 0.2) is 0 Å². The van der Waals surface area contributed by atoms with Crippen molar-refractivity contribution in [1.29, 1.82) is 0 Å². The van der Waals surface area contributed by atoms with E-state index in [1.807, 2.05) is 60.0 Å². The minimum absolute atomic E-state index is 0.0800. The lowest BCUT2D eigenvalue weighted by Crippen LogP contribution is -2.41. The number of amides is 1. The Morgan fingerprint density at radius 1 is 1.07 bits per heavy atom. The van der Waals surface area contributed by atoms with Gasteiger partial charge in [-0.05, 0) is 33.8 Å². The average Bonchev–Trinajstić information content (AvgIpc) is 3.41. The Labute approximate surface area is 161 Å². The first-order chi connectivity index (χ1) is 13.2. The van der Waals surface area contributed by atoms with Crippen LogP contribution in [0.3, 0.4) is 0 Å². The molecule has 0 saturated carbocycles. The summed E-state index contributed by atoms with van der Waals surface area (Å²) >= 11 is 1.44. The van der Waals surface area contributed by atoms with E-state index in [2.05, 4.69) is 5.32 Å². The number of nitrogens with one attached hydrogen (secondary N) is 1. The maximum atomic E-state index is 12.6. The van der Waals surface area contributed by atoms with E-state index >= 15 is 0 Å². The van der Waals surface area contributed by atoms with Crippen molar-refractivity contribution in [2.45, 2.75) is 12.0 Å². The normalized spacial score (nSPS) is 13.4. The number of furan rings is 1. The second-order valence-electron chi connectivity index (χ2n) is 6.44. The van der Waals surface area contributed by atoms with Crippen molar-refractivity contribution in [1.82, 2.24) is 5.32 Å². The average molecular weight is 377 g/mol. The van der Waals surface area contributed by atoms with Crippen LogP contribution in [0, 0.1) is 0 Å². The molecule has 0 radical (unpaired) electrons. The van der Waals surface area contributed by atoms with Gasteiger partial charge in [0.25, 0.3) is 0 Å². The Morgan fingerprint density at radius 2 is 1.93 bits per heavy atom. The number of aliphatic hydroxyl groups is 1. The minimum atomic E-state index is -1.31. The minimum Gasteiger partial charge on any atom is -0.472 e. The molecule has 0 unspecified atom stereocenters. The van der Waals surface area contributed by atoms with Gasteiger partial charge in [-0.1, -0.05) is 48.5 Å². The lowest BCUT2D eigenvalue weighted by Gasteiger charge is -2.26. The van der Waals surface area contributed by atoms with Crippen LogP contribution in [0.25, 0.3) is 10.8 Å². The molecule has 1 amide bonds. The first kappa shape index (κ1) is 17.5. The van der Waals surface area contributed by atoms with Crippen LogP contribution in [0.5, 0.6) is 0 Å². The fraction of sp³-hybridized carbons (Fsp3) is 0.136. The SMILES string of the molecule is O=C(Cc1cccc2ccccc12)NC[C@](O)(c1ccoc1)c1cccs1. The Morgan fingerprint density at radius 3 is 2.70 bits per heavy atom. The van der Waals surface area contributed by atoms with E-state index in [0.29, 0.717) is 5.56 Å². The van der Waals surface area contributed by atoms with Gasteiger partial charge in [-0.3, -0.25) is 4.79 Å². The van der Waals surface area contributed by atoms with Gasteiger partial charge in [0.2, 0.25) is 5.91 Å². The highest BCUT2D eigenvalue weighted by Gasteiger charge is 2.34. The number of carbonyl (C=O) groups is 1. The van der Waals surface area contributed by atoms with Gasteiger partial charge in [0.05, 0.1) is 25.5 Å². The van der Waals surface area contributed by atoms with Crippen LogP contribution in [-0.4, -0.2) is 17.6 Å². The molecule has 0 aliphatic heterocycles. The molecule has 0 spiro atoms. The molecule has 0 fully saturated rings. The number of hydrogen-bond acceptors (Lipinski definition) is 4. The maximum Gasteiger partial charge on any atom is 0.224 e. The van der Waals surface area contributed by atoms with Gasteiger partial charge in [0, 0.05) is 10.4 Å². The molecule has 0 saturated heterocycles. The molecular formula is C22H19NO3S. The molecule has 2 aromatic carbocycles. The van der Waals surface area contributed by atoms with Crippen molar-refractivity contribution in [2.75, 3.05) is 6.54 Å². The zero-order valence-corrected chi connectivity index (χ0v) is 15.4. The lowest BCUT2D eigenvalue weighted by molar-refractivity contribution is -0.121. The van der Waals surface area contributed by atoms with Crippen LogP contribution in [-0.2, 0) is 16.8 Å². The van der Waals surface area contributed by atoms with Crippen molar-refractivity contribution >= 4 is 28.0 Å². The van der Waals surface area contributed by atoms with Gasteiger partial charge in [-0.2, -0.15) is 0 Å². The zero-order valence-electron chi connectivity index (χ0n) is 14.6. The van der Waals surface area contributed by atoms with Crippen molar-refractivity contribution in [3.8, 4) is 0 Å². The first-order valence-corrected chi connectivity index (χ1v) is 9.57. The summed E-state index contributed by atoms with van der Waals surface area (Å²) in [5, 5.41) is 18.2. The Bertz CT molecular complexity index is 999. The van der Waals surface area contributed by atoms with E-state index in [-0.39, 0.29) is 18.9 Å². The molecule has 2 aromatic heterocycles. The summed E-state index contributed by atoms with van der Waals surface area (Å²) in [6, 6.07) is 19.4. The van der Waals surface area contributed by atoms with Crippen molar-refractivity contribution in [2.24, 2.45) is 0 Å². The molecule has 2 N–H and O–H groups in total. The van der Waals surface area contributed by atoms with Gasteiger partial charge in [-0.25, -0.2) is 0 Å². The molecule has 136 valence electrons. The summed E-state index contributed by atoms with van der Waals surface area (Å²) < 4.78 is 5.14.